The second-order valence-corrected chi connectivity index (χ2v) is 7.28. The Kier molecular flexibility index (Phi) is 7.31. The molecule has 1 aliphatic carbocycles. The number of amides is 1. The van der Waals surface area contributed by atoms with Crippen molar-refractivity contribution < 1.29 is 19.4 Å². The van der Waals surface area contributed by atoms with Crippen LogP contribution in [0.25, 0.3) is 0 Å². The summed E-state index contributed by atoms with van der Waals surface area (Å²) >= 11 is 2.25. The van der Waals surface area contributed by atoms with Gasteiger partial charge in [-0.3, -0.25) is 4.90 Å². The molecule has 1 saturated carbocycles. The predicted molar refractivity (Wildman–Crippen MR) is 101 cm³/mol. The first-order chi connectivity index (χ1) is 11.6. The van der Waals surface area contributed by atoms with Crippen LogP contribution in [-0.2, 0) is 15.2 Å². The molecule has 1 fully saturated rings. The molecule has 1 amide bonds. The summed E-state index contributed by atoms with van der Waals surface area (Å²) < 4.78 is 12.2. The van der Waals surface area contributed by atoms with E-state index in [9.17, 15) is 9.90 Å². The smallest absolute Gasteiger partial charge is 0.410 e. The van der Waals surface area contributed by atoms with E-state index in [1.807, 2.05) is 31.2 Å². The van der Waals surface area contributed by atoms with Gasteiger partial charge in [-0.05, 0) is 47.9 Å². The zero-order valence-electron chi connectivity index (χ0n) is 14.3. The second-order valence-electron chi connectivity index (χ2n) is 6.11. The molecule has 0 bridgehead atoms. The Morgan fingerprint density at radius 1 is 1.33 bits per heavy atom. The molecule has 1 atom stereocenters. The van der Waals surface area contributed by atoms with Crippen LogP contribution in [0.4, 0.5) is 4.79 Å². The number of carboxylic acid groups (broad SMARTS) is 1. The number of carbonyl (C=O) groups is 1. The first-order valence-corrected chi connectivity index (χ1v) is 9.55. The van der Waals surface area contributed by atoms with Gasteiger partial charge in [0.2, 0.25) is 0 Å². The molecule has 1 aromatic carbocycles. The van der Waals surface area contributed by atoms with Crippen LogP contribution >= 0.6 is 22.6 Å². The molecule has 1 unspecified atom stereocenters. The monoisotopic (exact) mass is 447 g/mol. The Hall–Kier alpha value is -0.860. The molecule has 2 rings (SSSR count). The number of methoxy groups -OCH3 is 1. The van der Waals surface area contributed by atoms with Crippen molar-refractivity contribution in [3.05, 3.63) is 33.4 Å². The van der Waals surface area contributed by atoms with E-state index in [1.54, 1.807) is 12.0 Å². The molecule has 6 heteroatoms. The zero-order valence-corrected chi connectivity index (χ0v) is 16.5. The van der Waals surface area contributed by atoms with Crippen molar-refractivity contribution in [2.75, 3.05) is 13.9 Å². The van der Waals surface area contributed by atoms with Crippen molar-refractivity contribution >= 4 is 28.7 Å². The molecule has 1 N–H and O–H groups in total. The standard InChI is InChI=1S/C18H26INO4/c1-3-18(24-13-23-2,15-11-7-8-12-16(15)19)20(17(21)22)14-9-5-4-6-10-14/h7-8,11-12,14H,3-6,9-10,13H2,1-2H3,(H,21,22). The molecule has 1 aromatic rings. The molecule has 24 heavy (non-hydrogen) atoms. The lowest BCUT2D eigenvalue weighted by Crippen LogP contribution is -2.56. The van der Waals surface area contributed by atoms with Gasteiger partial charge in [0, 0.05) is 22.3 Å². The number of hydrogen-bond donors (Lipinski definition) is 1. The minimum Gasteiger partial charge on any atom is -0.465 e. The van der Waals surface area contributed by atoms with Gasteiger partial charge in [-0.25, -0.2) is 4.79 Å². The van der Waals surface area contributed by atoms with Gasteiger partial charge in [-0.2, -0.15) is 0 Å². The maximum Gasteiger partial charge on any atom is 0.410 e. The zero-order chi connectivity index (χ0) is 17.6. The lowest BCUT2D eigenvalue weighted by molar-refractivity contribution is -0.214. The topological polar surface area (TPSA) is 59.0 Å². The van der Waals surface area contributed by atoms with E-state index in [1.165, 1.54) is 6.42 Å². The fraction of sp³-hybridized carbons (Fsp3) is 0.611. The molecular formula is C18H26INO4. The van der Waals surface area contributed by atoms with Crippen molar-refractivity contribution in [3.8, 4) is 0 Å². The fourth-order valence-corrected chi connectivity index (χ4v) is 4.43. The molecule has 0 saturated heterocycles. The van der Waals surface area contributed by atoms with Gasteiger partial charge < -0.3 is 14.6 Å². The minimum atomic E-state index is -1.03. The third-order valence-electron chi connectivity index (χ3n) is 4.72. The number of rotatable bonds is 7. The van der Waals surface area contributed by atoms with Gasteiger partial charge in [-0.15, -0.1) is 0 Å². The highest BCUT2D eigenvalue weighted by atomic mass is 127. The average Bonchev–Trinajstić information content (AvgIpc) is 2.59. The summed E-state index contributed by atoms with van der Waals surface area (Å²) in [6.07, 6.45) is 4.65. The Balaban J connectivity index is 2.52. The largest absolute Gasteiger partial charge is 0.465 e. The van der Waals surface area contributed by atoms with Gasteiger partial charge in [-0.1, -0.05) is 44.4 Å². The Labute approximate surface area is 157 Å². The number of nitrogens with zero attached hydrogens (tertiary/aromatic N) is 1. The second kappa shape index (κ2) is 9.01. The van der Waals surface area contributed by atoms with Crippen LogP contribution in [0, 0.1) is 3.57 Å². The van der Waals surface area contributed by atoms with E-state index < -0.39 is 11.8 Å². The maximum absolute atomic E-state index is 12.3. The highest BCUT2D eigenvalue weighted by molar-refractivity contribution is 14.1. The van der Waals surface area contributed by atoms with Crippen molar-refractivity contribution in [2.45, 2.75) is 57.2 Å². The van der Waals surface area contributed by atoms with Crippen LogP contribution in [0.2, 0.25) is 0 Å². The van der Waals surface area contributed by atoms with E-state index in [0.717, 1.165) is 34.8 Å². The summed E-state index contributed by atoms with van der Waals surface area (Å²) in [5.74, 6) is 0. The van der Waals surface area contributed by atoms with E-state index in [2.05, 4.69) is 22.6 Å². The summed E-state index contributed by atoms with van der Waals surface area (Å²) in [6.45, 7) is 2.02. The summed E-state index contributed by atoms with van der Waals surface area (Å²) in [5.41, 5.74) is -0.139. The first-order valence-electron chi connectivity index (χ1n) is 8.47. The number of ether oxygens (including phenoxy) is 2. The summed E-state index contributed by atoms with van der Waals surface area (Å²) in [4.78, 5) is 13.8. The van der Waals surface area contributed by atoms with Crippen LogP contribution in [0.3, 0.4) is 0 Å². The molecule has 1 aliphatic rings. The van der Waals surface area contributed by atoms with Gasteiger partial charge in [0.15, 0.2) is 5.72 Å². The lowest BCUT2D eigenvalue weighted by atomic mass is 9.89. The molecular weight excluding hydrogens is 421 g/mol. The van der Waals surface area contributed by atoms with Gasteiger partial charge in [0.1, 0.15) is 6.79 Å². The summed E-state index contributed by atoms with van der Waals surface area (Å²) in [6, 6.07) is 7.80. The van der Waals surface area contributed by atoms with Crippen molar-refractivity contribution in [1.29, 1.82) is 0 Å². The third-order valence-corrected chi connectivity index (χ3v) is 5.67. The normalized spacial score (nSPS) is 18.1. The number of halogens is 1. The maximum atomic E-state index is 12.3. The van der Waals surface area contributed by atoms with Crippen LogP contribution in [0.5, 0.6) is 0 Å². The van der Waals surface area contributed by atoms with Crippen LogP contribution < -0.4 is 0 Å². The van der Waals surface area contributed by atoms with Crippen molar-refractivity contribution in [1.82, 2.24) is 4.90 Å². The Morgan fingerprint density at radius 3 is 2.54 bits per heavy atom. The van der Waals surface area contributed by atoms with Crippen LogP contribution in [-0.4, -0.2) is 36.0 Å². The minimum absolute atomic E-state index is 0.0240. The van der Waals surface area contributed by atoms with Gasteiger partial charge in [0.05, 0.1) is 0 Å². The molecule has 5 nitrogen and oxygen atoms in total. The predicted octanol–water partition coefficient (Wildman–Crippen LogP) is 4.79. The lowest BCUT2D eigenvalue weighted by Gasteiger charge is -2.47. The number of hydrogen-bond acceptors (Lipinski definition) is 3. The van der Waals surface area contributed by atoms with Gasteiger partial charge in [0.25, 0.3) is 0 Å². The highest BCUT2D eigenvalue weighted by Gasteiger charge is 2.46. The van der Waals surface area contributed by atoms with Crippen LogP contribution in [0.15, 0.2) is 24.3 Å². The fourth-order valence-electron chi connectivity index (χ4n) is 3.62. The van der Waals surface area contributed by atoms with Crippen LogP contribution in [0.1, 0.15) is 51.0 Å². The van der Waals surface area contributed by atoms with Gasteiger partial charge >= 0.3 is 6.09 Å². The molecule has 0 heterocycles. The molecule has 0 aromatic heterocycles. The van der Waals surface area contributed by atoms with Crippen molar-refractivity contribution in [2.24, 2.45) is 0 Å². The quantitative estimate of drug-likeness (QED) is 0.483. The highest BCUT2D eigenvalue weighted by Crippen LogP contribution is 2.40. The Bertz CT molecular complexity index is 548. The molecule has 0 spiro atoms. The molecule has 0 radical (unpaired) electrons. The van der Waals surface area contributed by atoms with Crippen molar-refractivity contribution in [3.63, 3.8) is 0 Å². The summed E-state index contributed by atoms with van der Waals surface area (Å²) in [5, 5.41) is 10.0. The third kappa shape index (κ3) is 4.03. The Morgan fingerprint density at radius 2 is 2.00 bits per heavy atom. The average molecular weight is 447 g/mol. The van der Waals surface area contributed by atoms with E-state index >= 15 is 0 Å². The molecule has 134 valence electrons. The summed E-state index contributed by atoms with van der Waals surface area (Å²) in [7, 11) is 1.56. The molecule has 0 aliphatic heterocycles. The van der Waals surface area contributed by atoms with E-state index in [4.69, 9.17) is 9.47 Å². The van der Waals surface area contributed by atoms with E-state index in [0.29, 0.717) is 6.42 Å². The number of benzene rings is 1. The van der Waals surface area contributed by atoms with E-state index in [-0.39, 0.29) is 12.8 Å². The first kappa shape index (κ1) is 19.5. The SMILES string of the molecule is CCC(OCOC)(c1ccccc1I)N(C(=O)O)C1CCCCC1.